The Morgan fingerprint density at radius 2 is 1.87 bits per heavy atom. The molecule has 6 heteroatoms. The van der Waals surface area contributed by atoms with Gasteiger partial charge in [0.15, 0.2) is 0 Å². The van der Waals surface area contributed by atoms with Crippen molar-refractivity contribution in [2.45, 2.75) is 46.6 Å². The Balaban J connectivity index is 2.38. The summed E-state index contributed by atoms with van der Waals surface area (Å²) in [4.78, 5) is 23.7. The molecular weight excluding hydrogens is 335 g/mol. The lowest BCUT2D eigenvalue weighted by atomic mass is 9.96. The van der Waals surface area contributed by atoms with Crippen molar-refractivity contribution in [3.05, 3.63) is 33.8 Å². The molecule has 0 saturated heterocycles. The average Bonchev–Trinajstić information content (AvgIpc) is 2.41. The minimum atomic E-state index is -0.415. The fourth-order valence-electron chi connectivity index (χ4n) is 1.96. The molecule has 0 bridgehead atoms. The Morgan fingerprint density at radius 3 is 2.43 bits per heavy atom. The number of benzene rings is 1. The van der Waals surface area contributed by atoms with Crippen LogP contribution >= 0.6 is 23.2 Å². The molecule has 2 amide bonds. The van der Waals surface area contributed by atoms with Gasteiger partial charge in [-0.3, -0.25) is 9.59 Å². The molecule has 0 radical (unpaired) electrons. The minimum absolute atomic E-state index is 0.0146. The fraction of sp³-hybridized carbons (Fsp3) is 0.529. The van der Waals surface area contributed by atoms with E-state index in [1.165, 1.54) is 0 Å². The van der Waals surface area contributed by atoms with Crippen molar-refractivity contribution in [3.63, 3.8) is 0 Å². The van der Waals surface area contributed by atoms with E-state index in [1.54, 1.807) is 18.2 Å². The van der Waals surface area contributed by atoms with Gasteiger partial charge in [0.25, 0.3) is 0 Å². The molecule has 1 unspecified atom stereocenters. The van der Waals surface area contributed by atoms with E-state index in [0.29, 0.717) is 29.4 Å². The molecule has 0 aliphatic rings. The summed E-state index contributed by atoms with van der Waals surface area (Å²) in [5, 5.41) is 6.81. The number of halogens is 2. The highest BCUT2D eigenvalue weighted by molar-refractivity contribution is 6.35. The number of carbonyl (C=O) groups is 2. The Bertz CT molecular complexity index is 568. The predicted molar refractivity (Wildman–Crippen MR) is 94.7 cm³/mol. The lowest BCUT2D eigenvalue weighted by molar-refractivity contribution is -0.128. The van der Waals surface area contributed by atoms with Gasteiger partial charge in [0.1, 0.15) is 0 Å². The smallest absolute Gasteiger partial charge is 0.225 e. The molecular formula is C17H24Cl2N2O2. The molecule has 0 aliphatic carbocycles. The SMILES string of the molecule is CC(NC(=O)CCCNC(=O)C(C)(C)C)c1ccc(Cl)cc1Cl. The van der Waals surface area contributed by atoms with Crippen LogP contribution < -0.4 is 10.6 Å². The van der Waals surface area contributed by atoms with E-state index < -0.39 is 5.41 Å². The van der Waals surface area contributed by atoms with E-state index >= 15 is 0 Å². The van der Waals surface area contributed by atoms with Crippen LogP contribution in [-0.2, 0) is 9.59 Å². The van der Waals surface area contributed by atoms with Crippen molar-refractivity contribution in [2.75, 3.05) is 6.54 Å². The van der Waals surface area contributed by atoms with Gasteiger partial charge in [-0.05, 0) is 31.0 Å². The first kappa shape index (κ1) is 19.8. The van der Waals surface area contributed by atoms with Gasteiger partial charge in [0.2, 0.25) is 11.8 Å². The maximum Gasteiger partial charge on any atom is 0.225 e. The van der Waals surface area contributed by atoms with Gasteiger partial charge in [-0.2, -0.15) is 0 Å². The van der Waals surface area contributed by atoms with Gasteiger partial charge < -0.3 is 10.6 Å². The number of amides is 2. The molecule has 1 rings (SSSR count). The number of carbonyl (C=O) groups excluding carboxylic acids is 2. The largest absolute Gasteiger partial charge is 0.356 e. The van der Waals surface area contributed by atoms with Crippen molar-refractivity contribution in [1.29, 1.82) is 0 Å². The third-order valence-corrected chi connectivity index (χ3v) is 3.92. The van der Waals surface area contributed by atoms with Crippen LogP contribution in [0.1, 0.15) is 52.1 Å². The topological polar surface area (TPSA) is 58.2 Å². The summed E-state index contributed by atoms with van der Waals surface area (Å²) in [6.07, 6.45) is 0.939. The maximum atomic E-state index is 12.0. The number of hydrogen-bond donors (Lipinski definition) is 2. The van der Waals surface area contributed by atoms with Crippen LogP contribution in [0.5, 0.6) is 0 Å². The highest BCUT2D eigenvalue weighted by atomic mass is 35.5. The zero-order chi connectivity index (χ0) is 17.6. The van der Waals surface area contributed by atoms with Crippen molar-refractivity contribution in [1.82, 2.24) is 10.6 Å². The van der Waals surface area contributed by atoms with E-state index in [4.69, 9.17) is 23.2 Å². The van der Waals surface area contributed by atoms with Gasteiger partial charge in [0, 0.05) is 28.4 Å². The van der Waals surface area contributed by atoms with E-state index in [2.05, 4.69) is 10.6 Å². The Labute approximate surface area is 147 Å². The van der Waals surface area contributed by atoms with E-state index in [0.717, 1.165) is 5.56 Å². The highest BCUT2D eigenvalue weighted by Crippen LogP contribution is 2.26. The zero-order valence-corrected chi connectivity index (χ0v) is 15.5. The van der Waals surface area contributed by atoms with Crippen LogP contribution in [0.4, 0.5) is 0 Å². The molecule has 2 N–H and O–H groups in total. The molecule has 1 aromatic rings. The van der Waals surface area contributed by atoms with Crippen LogP contribution in [0.2, 0.25) is 10.0 Å². The quantitative estimate of drug-likeness (QED) is 0.751. The maximum absolute atomic E-state index is 12.0. The normalized spacial score (nSPS) is 12.6. The van der Waals surface area contributed by atoms with E-state index in [1.807, 2.05) is 27.7 Å². The monoisotopic (exact) mass is 358 g/mol. The van der Waals surface area contributed by atoms with Crippen molar-refractivity contribution in [3.8, 4) is 0 Å². The highest BCUT2D eigenvalue weighted by Gasteiger charge is 2.20. The van der Waals surface area contributed by atoms with Gasteiger partial charge in [0.05, 0.1) is 6.04 Å². The third kappa shape index (κ3) is 6.80. The molecule has 128 valence electrons. The summed E-state index contributed by atoms with van der Waals surface area (Å²) < 4.78 is 0. The Morgan fingerprint density at radius 1 is 1.22 bits per heavy atom. The number of nitrogens with one attached hydrogen (secondary N) is 2. The average molecular weight is 359 g/mol. The first-order chi connectivity index (χ1) is 10.6. The Kier molecular flexibility index (Phi) is 7.36. The summed E-state index contributed by atoms with van der Waals surface area (Å²) in [6.45, 7) is 7.92. The van der Waals surface area contributed by atoms with Crippen LogP contribution in [0, 0.1) is 5.41 Å². The van der Waals surface area contributed by atoms with Gasteiger partial charge in [-0.1, -0.05) is 50.0 Å². The molecule has 0 aromatic heterocycles. The Hall–Kier alpha value is -1.26. The van der Waals surface area contributed by atoms with Gasteiger partial charge in [-0.15, -0.1) is 0 Å². The molecule has 4 nitrogen and oxygen atoms in total. The molecule has 23 heavy (non-hydrogen) atoms. The second kappa shape index (κ2) is 8.55. The lowest BCUT2D eigenvalue weighted by Gasteiger charge is -2.18. The number of hydrogen-bond acceptors (Lipinski definition) is 2. The summed E-state index contributed by atoms with van der Waals surface area (Å²) in [5.74, 6) is -0.0900. The molecule has 1 aromatic carbocycles. The summed E-state index contributed by atoms with van der Waals surface area (Å²) in [6, 6.07) is 5.01. The summed E-state index contributed by atoms with van der Waals surface area (Å²) >= 11 is 12.0. The van der Waals surface area contributed by atoms with Crippen molar-refractivity contribution in [2.24, 2.45) is 5.41 Å². The first-order valence-electron chi connectivity index (χ1n) is 7.64. The van der Waals surface area contributed by atoms with Crippen LogP contribution in [0.3, 0.4) is 0 Å². The standard InChI is InChI=1S/C17H24Cl2N2O2/c1-11(13-8-7-12(18)10-14(13)19)21-15(22)6-5-9-20-16(23)17(2,3)4/h7-8,10-11H,5-6,9H2,1-4H3,(H,20,23)(H,21,22). The molecule has 1 atom stereocenters. The van der Waals surface area contributed by atoms with Crippen LogP contribution in [-0.4, -0.2) is 18.4 Å². The van der Waals surface area contributed by atoms with Gasteiger partial charge in [-0.25, -0.2) is 0 Å². The van der Waals surface area contributed by atoms with Gasteiger partial charge >= 0.3 is 0 Å². The molecule has 0 fully saturated rings. The summed E-state index contributed by atoms with van der Waals surface area (Å²) in [5.41, 5.74) is 0.410. The van der Waals surface area contributed by atoms with Crippen LogP contribution in [0.25, 0.3) is 0 Å². The van der Waals surface area contributed by atoms with E-state index in [-0.39, 0.29) is 17.9 Å². The molecule has 0 heterocycles. The second-order valence-corrected chi connectivity index (χ2v) is 7.41. The summed E-state index contributed by atoms with van der Waals surface area (Å²) in [7, 11) is 0. The fourth-order valence-corrected chi connectivity index (χ4v) is 2.53. The molecule has 0 spiro atoms. The zero-order valence-electron chi connectivity index (χ0n) is 14.0. The molecule has 0 aliphatic heterocycles. The van der Waals surface area contributed by atoms with Crippen molar-refractivity contribution >= 4 is 35.0 Å². The van der Waals surface area contributed by atoms with Crippen LogP contribution in [0.15, 0.2) is 18.2 Å². The van der Waals surface area contributed by atoms with E-state index in [9.17, 15) is 9.59 Å². The number of rotatable bonds is 6. The first-order valence-corrected chi connectivity index (χ1v) is 8.39. The molecule has 0 saturated carbocycles. The minimum Gasteiger partial charge on any atom is -0.356 e. The second-order valence-electron chi connectivity index (χ2n) is 6.56. The lowest BCUT2D eigenvalue weighted by Crippen LogP contribution is -2.36. The predicted octanol–water partition coefficient (Wildman–Crippen LogP) is 4.11. The third-order valence-electron chi connectivity index (χ3n) is 3.35. The van der Waals surface area contributed by atoms with Crippen molar-refractivity contribution < 1.29 is 9.59 Å².